The third-order valence-electron chi connectivity index (χ3n) is 6.94. The first-order valence-corrected chi connectivity index (χ1v) is 15.9. The lowest BCUT2D eigenvalue weighted by molar-refractivity contribution is -0.140. The Bertz CT molecular complexity index is 1400. The molecule has 0 aliphatic rings. The first-order valence-electron chi connectivity index (χ1n) is 14.1. The summed E-state index contributed by atoms with van der Waals surface area (Å²) in [5.41, 5.74) is 4.13. The molecule has 0 aliphatic heterocycles. The maximum atomic E-state index is 14.2. The largest absolute Gasteiger partial charge is 0.354 e. The van der Waals surface area contributed by atoms with Gasteiger partial charge in [-0.25, -0.2) is 8.42 Å². The summed E-state index contributed by atoms with van der Waals surface area (Å²) in [5, 5.41) is 3.01. The van der Waals surface area contributed by atoms with Gasteiger partial charge in [-0.1, -0.05) is 106 Å². The molecule has 220 valence electrons. The second kappa shape index (κ2) is 14.3. The Balaban J connectivity index is 2.08. The zero-order chi connectivity index (χ0) is 30.2. The zero-order valence-electron chi connectivity index (χ0n) is 25.0. The molecule has 0 radical (unpaired) electrons. The molecular formula is C33H43N3O4S. The Kier molecular flexibility index (Phi) is 11.1. The summed E-state index contributed by atoms with van der Waals surface area (Å²) in [6.45, 7) is 10.2. The molecular weight excluding hydrogens is 534 g/mol. The lowest BCUT2D eigenvalue weighted by Gasteiger charge is -2.34. The molecule has 3 aromatic carbocycles. The highest BCUT2D eigenvalue weighted by atomic mass is 32.2. The molecule has 1 unspecified atom stereocenters. The fraction of sp³-hybridized carbons (Fsp3) is 0.394. The Morgan fingerprint density at radius 3 is 2.02 bits per heavy atom. The lowest BCUT2D eigenvalue weighted by atomic mass is 10.0. The van der Waals surface area contributed by atoms with Crippen molar-refractivity contribution in [2.75, 3.05) is 23.7 Å². The average Bonchev–Trinajstić information content (AvgIpc) is 2.93. The summed E-state index contributed by atoms with van der Waals surface area (Å²) in [6, 6.07) is 23.8. The summed E-state index contributed by atoms with van der Waals surface area (Å²) in [6.07, 6.45) is 1.41. The molecule has 41 heavy (non-hydrogen) atoms. The van der Waals surface area contributed by atoms with Crippen LogP contribution in [0.4, 0.5) is 5.69 Å². The molecule has 3 rings (SSSR count). The van der Waals surface area contributed by atoms with Crippen molar-refractivity contribution in [1.29, 1.82) is 0 Å². The topological polar surface area (TPSA) is 86.8 Å². The Morgan fingerprint density at radius 2 is 1.44 bits per heavy atom. The normalized spacial score (nSPS) is 12.3. The molecule has 0 spiro atoms. The van der Waals surface area contributed by atoms with Crippen LogP contribution in [0, 0.1) is 12.8 Å². The first kappa shape index (κ1) is 31.9. The fourth-order valence-corrected chi connectivity index (χ4v) is 5.53. The van der Waals surface area contributed by atoms with Crippen LogP contribution < -0.4 is 9.62 Å². The van der Waals surface area contributed by atoms with E-state index in [1.807, 2.05) is 101 Å². The fourth-order valence-electron chi connectivity index (χ4n) is 4.66. The van der Waals surface area contributed by atoms with Crippen molar-refractivity contribution in [2.24, 2.45) is 5.92 Å². The molecule has 0 aliphatic carbocycles. The number of hydrogen-bond donors (Lipinski definition) is 1. The van der Waals surface area contributed by atoms with E-state index in [-0.39, 0.29) is 24.3 Å². The number of benzene rings is 3. The van der Waals surface area contributed by atoms with Gasteiger partial charge in [-0.05, 0) is 41.5 Å². The molecule has 1 N–H and O–H groups in total. The number of sulfonamides is 1. The smallest absolute Gasteiger partial charge is 0.244 e. The van der Waals surface area contributed by atoms with Crippen molar-refractivity contribution in [1.82, 2.24) is 10.2 Å². The van der Waals surface area contributed by atoms with Crippen molar-refractivity contribution in [3.63, 3.8) is 0 Å². The highest BCUT2D eigenvalue weighted by Gasteiger charge is 2.33. The van der Waals surface area contributed by atoms with E-state index in [0.717, 1.165) is 28.5 Å². The molecule has 0 bridgehead atoms. The van der Waals surface area contributed by atoms with Gasteiger partial charge in [-0.15, -0.1) is 0 Å². The first-order chi connectivity index (χ1) is 19.4. The minimum absolute atomic E-state index is 0.0434. The Hall–Kier alpha value is -3.65. The minimum atomic E-state index is -3.82. The molecule has 7 nitrogen and oxygen atoms in total. The lowest BCUT2D eigenvalue weighted by Crippen LogP contribution is -2.53. The molecule has 8 heteroatoms. The van der Waals surface area contributed by atoms with E-state index in [9.17, 15) is 18.0 Å². The number of nitrogens with zero attached hydrogens (tertiary/aromatic N) is 2. The third-order valence-corrected chi connectivity index (χ3v) is 8.06. The maximum Gasteiger partial charge on any atom is 0.244 e. The number of para-hydroxylation sites is 1. The molecule has 1 atom stereocenters. The average molecular weight is 578 g/mol. The molecule has 3 aromatic rings. The van der Waals surface area contributed by atoms with Gasteiger partial charge in [0.05, 0.1) is 11.9 Å². The van der Waals surface area contributed by atoms with Gasteiger partial charge < -0.3 is 10.2 Å². The van der Waals surface area contributed by atoms with Gasteiger partial charge >= 0.3 is 0 Å². The van der Waals surface area contributed by atoms with Crippen LogP contribution in [0.25, 0.3) is 0 Å². The van der Waals surface area contributed by atoms with Crippen molar-refractivity contribution in [3.8, 4) is 0 Å². The Morgan fingerprint density at radius 1 is 0.829 bits per heavy atom. The van der Waals surface area contributed by atoms with E-state index in [1.165, 1.54) is 9.21 Å². The van der Waals surface area contributed by atoms with Crippen molar-refractivity contribution in [2.45, 2.75) is 59.5 Å². The predicted octanol–water partition coefficient (Wildman–Crippen LogP) is 5.30. The van der Waals surface area contributed by atoms with Gasteiger partial charge in [0.2, 0.25) is 21.8 Å². The summed E-state index contributed by atoms with van der Waals surface area (Å²) in [7, 11) is -3.82. The van der Waals surface area contributed by atoms with Crippen LogP contribution in [0.1, 0.15) is 55.9 Å². The number of amides is 2. The second-order valence-corrected chi connectivity index (χ2v) is 13.2. The third kappa shape index (κ3) is 9.18. The van der Waals surface area contributed by atoms with E-state index in [0.29, 0.717) is 18.7 Å². The molecule has 0 saturated carbocycles. The van der Waals surface area contributed by atoms with Gasteiger partial charge in [0.1, 0.15) is 12.6 Å². The molecule has 0 fully saturated rings. The summed E-state index contributed by atoms with van der Waals surface area (Å²) in [5.74, 6) is -0.445. The maximum absolute atomic E-state index is 14.2. The van der Waals surface area contributed by atoms with E-state index in [4.69, 9.17) is 0 Å². The number of hydrogen-bond acceptors (Lipinski definition) is 4. The number of nitrogens with one attached hydrogen (secondary N) is 1. The van der Waals surface area contributed by atoms with Crippen LogP contribution in [0.5, 0.6) is 0 Å². The van der Waals surface area contributed by atoms with Gasteiger partial charge in [0, 0.05) is 19.5 Å². The Labute approximate surface area is 245 Å². The summed E-state index contributed by atoms with van der Waals surface area (Å²) < 4.78 is 27.4. The van der Waals surface area contributed by atoms with Crippen LogP contribution in [-0.4, -0.2) is 50.5 Å². The van der Waals surface area contributed by atoms with Crippen LogP contribution >= 0.6 is 0 Å². The van der Waals surface area contributed by atoms with Crippen molar-refractivity contribution in [3.05, 3.63) is 101 Å². The molecule has 2 amide bonds. The van der Waals surface area contributed by atoms with Gasteiger partial charge in [0.15, 0.2) is 0 Å². The van der Waals surface area contributed by atoms with Crippen molar-refractivity contribution >= 4 is 27.5 Å². The number of carbonyl (C=O) groups excluding carboxylic acids is 2. The summed E-state index contributed by atoms with van der Waals surface area (Å²) >= 11 is 0. The van der Waals surface area contributed by atoms with E-state index in [1.54, 1.807) is 12.1 Å². The number of aryl methyl sites for hydroxylation is 1. The highest BCUT2D eigenvalue weighted by molar-refractivity contribution is 7.92. The predicted molar refractivity (Wildman–Crippen MR) is 166 cm³/mol. The SMILES string of the molecule is Cc1ccc(CN(C(=O)CN(c2ccccc2C(C)C)S(C)(=O)=O)C(Cc2ccccc2)C(=O)NCC(C)C)cc1. The number of carbonyl (C=O) groups is 2. The number of rotatable bonds is 13. The monoisotopic (exact) mass is 577 g/mol. The highest BCUT2D eigenvalue weighted by Crippen LogP contribution is 2.29. The summed E-state index contributed by atoms with van der Waals surface area (Å²) in [4.78, 5) is 29.5. The standard InChI is InChI=1S/C33H43N3O4S/c1-24(2)21-34-33(38)31(20-27-12-8-7-9-13-27)35(22-28-18-16-26(5)17-19-28)32(37)23-36(41(6,39)40)30-15-11-10-14-29(30)25(3)4/h7-19,24-25,31H,20-23H2,1-6H3,(H,34,38). The second-order valence-electron chi connectivity index (χ2n) is 11.3. The zero-order valence-corrected chi connectivity index (χ0v) is 25.8. The van der Waals surface area contributed by atoms with Crippen LogP contribution in [0.15, 0.2) is 78.9 Å². The van der Waals surface area contributed by atoms with Gasteiger partial charge in [-0.3, -0.25) is 13.9 Å². The molecule has 0 heterocycles. The van der Waals surface area contributed by atoms with Crippen LogP contribution in [0.3, 0.4) is 0 Å². The van der Waals surface area contributed by atoms with Crippen LogP contribution in [0.2, 0.25) is 0 Å². The molecule has 0 saturated heterocycles. The van der Waals surface area contributed by atoms with E-state index in [2.05, 4.69) is 5.32 Å². The van der Waals surface area contributed by atoms with E-state index >= 15 is 0 Å². The van der Waals surface area contributed by atoms with Gasteiger partial charge in [0.25, 0.3) is 0 Å². The van der Waals surface area contributed by atoms with Crippen LogP contribution in [-0.2, 0) is 32.6 Å². The quantitative estimate of drug-likeness (QED) is 0.299. The minimum Gasteiger partial charge on any atom is -0.354 e. The van der Waals surface area contributed by atoms with E-state index < -0.39 is 28.5 Å². The molecule has 0 aromatic heterocycles. The van der Waals surface area contributed by atoms with Crippen molar-refractivity contribution < 1.29 is 18.0 Å². The van der Waals surface area contributed by atoms with Gasteiger partial charge in [-0.2, -0.15) is 0 Å². The number of anilines is 1.